The van der Waals surface area contributed by atoms with Gasteiger partial charge in [0.05, 0.1) is 21.9 Å². The van der Waals surface area contributed by atoms with Crippen molar-refractivity contribution >= 4 is 23.2 Å². The van der Waals surface area contributed by atoms with E-state index in [1.807, 2.05) is 18.5 Å². The minimum atomic E-state index is 0.457. The Morgan fingerprint density at radius 1 is 1.28 bits per heavy atom. The Bertz CT molecular complexity index is 535. The van der Waals surface area contributed by atoms with Crippen LogP contribution in [0.1, 0.15) is 19.4 Å². The lowest BCUT2D eigenvalue weighted by Crippen LogP contribution is -2.21. The predicted octanol–water partition coefficient (Wildman–Crippen LogP) is 3.68. The third-order valence-corrected chi connectivity index (χ3v) is 3.26. The topological polar surface area (TPSA) is 29.9 Å². The SMILES string of the molecule is CC(C)NCc1cnn(-c2ccc(Cl)c(Cl)c2)c1. The molecule has 1 aromatic heterocycles. The maximum absolute atomic E-state index is 5.99. The van der Waals surface area contributed by atoms with E-state index in [9.17, 15) is 0 Å². The molecule has 0 saturated heterocycles. The van der Waals surface area contributed by atoms with Crippen LogP contribution in [0.2, 0.25) is 10.0 Å². The van der Waals surface area contributed by atoms with Crippen LogP contribution in [0.15, 0.2) is 30.6 Å². The van der Waals surface area contributed by atoms with E-state index in [2.05, 4.69) is 24.3 Å². The predicted molar refractivity (Wildman–Crippen MR) is 75.6 cm³/mol. The van der Waals surface area contributed by atoms with Gasteiger partial charge in [-0.15, -0.1) is 0 Å². The lowest BCUT2D eigenvalue weighted by Gasteiger charge is -2.05. The molecule has 1 N–H and O–H groups in total. The van der Waals surface area contributed by atoms with Gasteiger partial charge in [0.2, 0.25) is 0 Å². The van der Waals surface area contributed by atoms with Gasteiger partial charge in [-0.25, -0.2) is 4.68 Å². The van der Waals surface area contributed by atoms with E-state index in [1.165, 1.54) is 0 Å². The molecule has 0 bridgehead atoms. The molecule has 0 fully saturated rings. The van der Waals surface area contributed by atoms with Crippen LogP contribution in [0.4, 0.5) is 0 Å². The number of halogens is 2. The summed E-state index contributed by atoms with van der Waals surface area (Å²) in [7, 11) is 0. The summed E-state index contributed by atoms with van der Waals surface area (Å²) >= 11 is 11.9. The van der Waals surface area contributed by atoms with Crippen LogP contribution in [0.3, 0.4) is 0 Å². The van der Waals surface area contributed by atoms with E-state index in [0.29, 0.717) is 16.1 Å². The second kappa shape index (κ2) is 5.74. The number of nitrogens with one attached hydrogen (secondary N) is 1. The highest BCUT2D eigenvalue weighted by atomic mass is 35.5. The van der Waals surface area contributed by atoms with Crippen molar-refractivity contribution in [2.24, 2.45) is 0 Å². The molecule has 2 rings (SSSR count). The van der Waals surface area contributed by atoms with Gasteiger partial charge in [-0.3, -0.25) is 0 Å². The maximum Gasteiger partial charge on any atom is 0.0661 e. The van der Waals surface area contributed by atoms with E-state index < -0.39 is 0 Å². The summed E-state index contributed by atoms with van der Waals surface area (Å²) in [5.41, 5.74) is 2.04. The molecule has 18 heavy (non-hydrogen) atoms. The number of benzene rings is 1. The first kappa shape index (κ1) is 13.4. The van der Waals surface area contributed by atoms with E-state index in [0.717, 1.165) is 17.8 Å². The molecule has 0 spiro atoms. The van der Waals surface area contributed by atoms with Gasteiger partial charge < -0.3 is 5.32 Å². The third kappa shape index (κ3) is 3.25. The van der Waals surface area contributed by atoms with Crippen LogP contribution < -0.4 is 5.32 Å². The molecule has 0 amide bonds. The first-order valence-corrected chi connectivity index (χ1v) is 6.54. The molecule has 96 valence electrons. The fraction of sp³-hybridized carbons (Fsp3) is 0.308. The summed E-state index contributed by atoms with van der Waals surface area (Å²) in [4.78, 5) is 0. The molecule has 0 unspecified atom stereocenters. The van der Waals surface area contributed by atoms with Crippen LogP contribution in [0.5, 0.6) is 0 Å². The largest absolute Gasteiger partial charge is 0.310 e. The number of hydrogen-bond acceptors (Lipinski definition) is 2. The van der Waals surface area contributed by atoms with Crippen molar-refractivity contribution < 1.29 is 0 Å². The molecule has 1 aromatic carbocycles. The molecule has 0 atom stereocenters. The van der Waals surface area contributed by atoms with Crippen molar-refractivity contribution in [1.82, 2.24) is 15.1 Å². The molecular formula is C13H15Cl2N3. The number of nitrogens with zero attached hydrogens (tertiary/aromatic N) is 2. The Kier molecular flexibility index (Phi) is 4.27. The van der Waals surface area contributed by atoms with Crippen molar-refractivity contribution in [3.05, 3.63) is 46.2 Å². The minimum Gasteiger partial charge on any atom is -0.310 e. The second-order valence-electron chi connectivity index (χ2n) is 4.43. The quantitative estimate of drug-likeness (QED) is 0.928. The van der Waals surface area contributed by atoms with Crippen molar-refractivity contribution in [2.45, 2.75) is 26.4 Å². The van der Waals surface area contributed by atoms with Gasteiger partial charge in [-0.2, -0.15) is 5.10 Å². The Hall–Kier alpha value is -1.03. The number of aromatic nitrogens is 2. The van der Waals surface area contributed by atoms with Crippen LogP contribution in [0, 0.1) is 0 Å². The van der Waals surface area contributed by atoms with Gasteiger partial charge >= 0.3 is 0 Å². The summed E-state index contributed by atoms with van der Waals surface area (Å²) < 4.78 is 1.79. The van der Waals surface area contributed by atoms with Crippen LogP contribution >= 0.6 is 23.2 Å². The summed E-state index contributed by atoms with van der Waals surface area (Å²) in [6.07, 6.45) is 3.83. The molecular weight excluding hydrogens is 269 g/mol. The molecule has 0 aliphatic heterocycles. The van der Waals surface area contributed by atoms with Crippen molar-refractivity contribution in [3.63, 3.8) is 0 Å². The summed E-state index contributed by atoms with van der Waals surface area (Å²) in [6.45, 7) is 5.03. The first-order valence-electron chi connectivity index (χ1n) is 5.78. The number of rotatable bonds is 4. The van der Waals surface area contributed by atoms with Crippen LogP contribution in [-0.2, 0) is 6.54 Å². The Morgan fingerprint density at radius 3 is 2.72 bits per heavy atom. The van der Waals surface area contributed by atoms with E-state index in [-0.39, 0.29) is 0 Å². The zero-order valence-electron chi connectivity index (χ0n) is 10.3. The Labute approximate surface area is 117 Å². The lowest BCUT2D eigenvalue weighted by atomic mass is 10.3. The van der Waals surface area contributed by atoms with Crippen molar-refractivity contribution in [2.75, 3.05) is 0 Å². The molecule has 0 saturated carbocycles. The Balaban J connectivity index is 2.16. The second-order valence-corrected chi connectivity index (χ2v) is 5.24. The van der Waals surface area contributed by atoms with E-state index in [1.54, 1.807) is 16.8 Å². The van der Waals surface area contributed by atoms with Gasteiger partial charge in [-0.1, -0.05) is 37.0 Å². The van der Waals surface area contributed by atoms with E-state index in [4.69, 9.17) is 23.2 Å². The van der Waals surface area contributed by atoms with E-state index >= 15 is 0 Å². The summed E-state index contributed by atoms with van der Waals surface area (Å²) in [6, 6.07) is 5.92. The fourth-order valence-corrected chi connectivity index (χ4v) is 1.83. The molecule has 2 aromatic rings. The fourth-order valence-electron chi connectivity index (χ4n) is 1.54. The molecule has 0 aliphatic rings. The smallest absolute Gasteiger partial charge is 0.0661 e. The highest BCUT2D eigenvalue weighted by molar-refractivity contribution is 6.42. The molecule has 3 nitrogen and oxygen atoms in total. The highest BCUT2D eigenvalue weighted by Crippen LogP contribution is 2.24. The summed E-state index contributed by atoms with van der Waals surface area (Å²) in [5, 5.41) is 8.74. The average Bonchev–Trinajstić information content (AvgIpc) is 2.79. The summed E-state index contributed by atoms with van der Waals surface area (Å²) in [5.74, 6) is 0. The van der Waals surface area contributed by atoms with Gasteiger partial charge in [0.25, 0.3) is 0 Å². The molecule has 0 radical (unpaired) electrons. The standard InChI is InChI=1S/C13H15Cl2N3/c1-9(2)16-6-10-7-17-18(8-10)11-3-4-12(14)13(15)5-11/h3-5,7-9,16H,6H2,1-2H3. The molecule has 0 aliphatic carbocycles. The third-order valence-electron chi connectivity index (χ3n) is 2.52. The zero-order valence-corrected chi connectivity index (χ0v) is 11.8. The zero-order chi connectivity index (χ0) is 13.1. The number of hydrogen-bond donors (Lipinski definition) is 1. The monoisotopic (exact) mass is 283 g/mol. The minimum absolute atomic E-state index is 0.457. The normalized spacial score (nSPS) is 11.2. The Morgan fingerprint density at radius 2 is 2.06 bits per heavy atom. The van der Waals surface area contributed by atoms with Gasteiger partial charge in [0.15, 0.2) is 0 Å². The van der Waals surface area contributed by atoms with Gasteiger partial charge in [0, 0.05) is 24.3 Å². The van der Waals surface area contributed by atoms with Gasteiger partial charge in [-0.05, 0) is 18.2 Å². The average molecular weight is 284 g/mol. The van der Waals surface area contributed by atoms with Crippen LogP contribution in [0.25, 0.3) is 5.69 Å². The molecule has 1 heterocycles. The van der Waals surface area contributed by atoms with Crippen LogP contribution in [-0.4, -0.2) is 15.8 Å². The van der Waals surface area contributed by atoms with Crippen molar-refractivity contribution in [1.29, 1.82) is 0 Å². The van der Waals surface area contributed by atoms with Crippen molar-refractivity contribution in [3.8, 4) is 5.69 Å². The highest BCUT2D eigenvalue weighted by Gasteiger charge is 2.04. The van der Waals surface area contributed by atoms with Gasteiger partial charge in [0.1, 0.15) is 0 Å². The maximum atomic E-state index is 5.99. The lowest BCUT2D eigenvalue weighted by molar-refractivity contribution is 0.589. The molecule has 5 heteroatoms. The first-order chi connectivity index (χ1) is 8.56.